The lowest BCUT2D eigenvalue weighted by Gasteiger charge is -2.12. The van der Waals surface area contributed by atoms with Gasteiger partial charge in [0.15, 0.2) is 0 Å². The number of hydrogen-bond donors (Lipinski definition) is 0. The van der Waals surface area contributed by atoms with E-state index >= 15 is 0 Å². The maximum Gasteiger partial charge on any atom is 0.310 e. The Morgan fingerprint density at radius 3 is 2.81 bits per heavy atom. The smallest absolute Gasteiger partial charge is 0.310 e. The van der Waals surface area contributed by atoms with Gasteiger partial charge in [-0.25, -0.2) is 8.42 Å². The highest BCUT2D eigenvalue weighted by Gasteiger charge is 2.21. The number of esters is 1. The molecule has 1 saturated heterocycles. The highest BCUT2D eigenvalue weighted by Crippen LogP contribution is 2.25. The molecule has 1 aromatic carbocycles. The van der Waals surface area contributed by atoms with Crippen LogP contribution in [0.2, 0.25) is 0 Å². The molecule has 0 bridgehead atoms. The van der Waals surface area contributed by atoms with Gasteiger partial charge >= 0.3 is 5.97 Å². The van der Waals surface area contributed by atoms with E-state index in [-0.39, 0.29) is 17.4 Å². The van der Waals surface area contributed by atoms with Crippen LogP contribution in [0.25, 0.3) is 0 Å². The van der Waals surface area contributed by atoms with Crippen LogP contribution in [0.3, 0.4) is 0 Å². The molecule has 0 spiro atoms. The third kappa shape index (κ3) is 4.33. The van der Waals surface area contributed by atoms with Gasteiger partial charge in [0, 0.05) is 22.7 Å². The van der Waals surface area contributed by atoms with Crippen LogP contribution in [-0.4, -0.2) is 40.8 Å². The van der Waals surface area contributed by atoms with E-state index in [0.29, 0.717) is 30.9 Å². The number of ether oxygens (including phenoxy) is 3. The van der Waals surface area contributed by atoms with Gasteiger partial charge in [0.2, 0.25) is 0 Å². The van der Waals surface area contributed by atoms with Crippen molar-refractivity contribution in [3.8, 4) is 5.75 Å². The summed E-state index contributed by atoms with van der Waals surface area (Å²) in [4.78, 5) is 11.8. The Labute approximate surface area is 127 Å². The largest absolute Gasteiger partial charge is 0.496 e. The molecule has 0 aliphatic carbocycles. The van der Waals surface area contributed by atoms with Crippen LogP contribution in [0.15, 0.2) is 23.1 Å². The van der Waals surface area contributed by atoms with Gasteiger partial charge in [0.1, 0.15) is 11.9 Å². The molecule has 116 valence electrons. The topological polar surface area (TPSA) is 78.9 Å². The van der Waals surface area contributed by atoms with Gasteiger partial charge in [0.05, 0.1) is 31.6 Å². The van der Waals surface area contributed by atoms with Crippen molar-refractivity contribution in [2.45, 2.75) is 23.8 Å². The van der Waals surface area contributed by atoms with Crippen LogP contribution in [0.1, 0.15) is 12.0 Å². The van der Waals surface area contributed by atoms with E-state index < -0.39 is 15.0 Å². The molecule has 0 saturated carbocycles. The lowest BCUT2D eigenvalue weighted by molar-refractivity contribution is -0.148. The first-order valence-electron chi connectivity index (χ1n) is 6.29. The molecule has 1 heterocycles. The van der Waals surface area contributed by atoms with Crippen molar-refractivity contribution in [3.05, 3.63) is 23.8 Å². The van der Waals surface area contributed by atoms with E-state index in [2.05, 4.69) is 0 Å². The number of methoxy groups -OCH3 is 1. The second-order valence-corrected chi connectivity index (χ2v) is 7.13. The number of carbonyl (C=O) groups excluding carboxylic acids is 1. The monoisotopic (exact) mass is 334 g/mol. The molecular weight excluding hydrogens is 320 g/mol. The maximum atomic E-state index is 11.9. The van der Waals surface area contributed by atoms with Crippen molar-refractivity contribution in [2.75, 3.05) is 20.3 Å². The molecule has 0 amide bonds. The second-order valence-electron chi connectivity index (χ2n) is 4.56. The number of carbonyl (C=O) groups is 1. The van der Waals surface area contributed by atoms with Crippen LogP contribution in [0.4, 0.5) is 0 Å². The number of rotatable bonds is 5. The predicted molar refractivity (Wildman–Crippen MR) is 75.1 cm³/mol. The maximum absolute atomic E-state index is 11.9. The first-order chi connectivity index (χ1) is 9.90. The van der Waals surface area contributed by atoms with Crippen LogP contribution in [0, 0.1) is 0 Å². The molecule has 1 unspecified atom stereocenters. The first-order valence-corrected chi connectivity index (χ1v) is 8.60. The third-order valence-corrected chi connectivity index (χ3v) is 4.41. The summed E-state index contributed by atoms with van der Waals surface area (Å²) >= 11 is 0. The molecule has 1 aromatic rings. The molecule has 1 aliphatic rings. The summed E-state index contributed by atoms with van der Waals surface area (Å²) in [6.45, 7) is 0.959. The molecule has 1 aliphatic heterocycles. The van der Waals surface area contributed by atoms with E-state index in [1.54, 1.807) is 0 Å². The SMILES string of the molecule is COc1ccc(S(=O)(=O)Cl)cc1CC(=O)OC1CCOC1. The van der Waals surface area contributed by atoms with Gasteiger partial charge in [-0.15, -0.1) is 0 Å². The Bertz CT molecular complexity index is 622. The molecule has 2 rings (SSSR count). The first kappa shape index (κ1) is 16.1. The average molecular weight is 335 g/mol. The normalized spacial score (nSPS) is 18.5. The molecule has 8 heteroatoms. The zero-order valence-corrected chi connectivity index (χ0v) is 12.9. The van der Waals surface area contributed by atoms with Crippen molar-refractivity contribution >= 4 is 25.7 Å². The highest BCUT2D eigenvalue weighted by molar-refractivity contribution is 8.13. The number of benzene rings is 1. The van der Waals surface area contributed by atoms with Crippen molar-refractivity contribution in [1.29, 1.82) is 0 Å². The Kier molecular flexibility index (Phi) is 5.08. The number of halogens is 1. The van der Waals surface area contributed by atoms with Crippen LogP contribution in [0.5, 0.6) is 5.75 Å². The van der Waals surface area contributed by atoms with Crippen LogP contribution in [-0.2, 0) is 29.7 Å². The van der Waals surface area contributed by atoms with Crippen LogP contribution >= 0.6 is 10.7 Å². The minimum atomic E-state index is -3.86. The van der Waals surface area contributed by atoms with Gasteiger partial charge in [-0.05, 0) is 18.2 Å². The second kappa shape index (κ2) is 6.64. The Balaban J connectivity index is 2.15. The molecule has 6 nitrogen and oxygen atoms in total. The highest BCUT2D eigenvalue weighted by atomic mass is 35.7. The molecule has 1 fully saturated rings. The zero-order chi connectivity index (χ0) is 15.5. The molecular formula is C13H15ClO6S. The fourth-order valence-electron chi connectivity index (χ4n) is 2.03. The Hall–Kier alpha value is -1.31. The van der Waals surface area contributed by atoms with Gasteiger partial charge in [-0.3, -0.25) is 4.79 Å². The summed E-state index contributed by atoms with van der Waals surface area (Å²) in [5.74, 6) is -0.0633. The van der Waals surface area contributed by atoms with E-state index in [0.717, 1.165) is 0 Å². The van der Waals surface area contributed by atoms with Crippen molar-refractivity contribution in [1.82, 2.24) is 0 Å². The summed E-state index contributed by atoms with van der Waals surface area (Å²) in [5, 5.41) is 0. The molecule has 1 atom stereocenters. The van der Waals surface area contributed by atoms with E-state index in [4.69, 9.17) is 24.9 Å². The minimum absolute atomic E-state index is 0.0861. The lowest BCUT2D eigenvalue weighted by atomic mass is 10.1. The van der Waals surface area contributed by atoms with Gasteiger partial charge < -0.3 is 14.2 Å². The third-order valence-electron chi connectivity index (χ3n) is 3.05. The van der Waals surface area contributed by atoms with Gasteiger partial charge in [-0.1, -0.05) is 0 Å². The molecule has 0 N–H and O–H groups in total. The van der Waals surface area contributed by atoms with Crippen molar-refractivity contribution in [2.24, 2.45) is 0 Å². The summed E-state index contributed by atoms with van der Waals surface area (Å²) in [6.07, 6.45) is 0.322. The van der Waals surface area contributed by atoms with E-state index in [1.165, 1.54) is 25.3 Å². The van der Waals surface area contributed by atoms with Crippen molar-refractivity contribution in [3.63, 3.8) is 0 Å². The lowest BCUT2D eigenvalue weighted by Crippen LogP contribution is -2.19. The Morgan fingerprint density at radius 2 is 2.24 bits per heavy atom. The Morgan fingerprint density at radius 1 is 1.48 bits per heavy atom. The summed E-state index contributed by atoms with van der Waals surface area (Å²) < 4.78 is 38.2. The van der Waals surface area contributed by atoms with E-state index in [1.807, 2.05) is 0 Å². The quantitative estimate of drug-likeness (QED) is 0.599. The van der Waals surface area contributed by atoms with Crippen LogP contribution < -0.4 is 4.74 Å². The van der Waals surface area contributed by atoms with Crippen molar-refractivity contribution < 1.29 is 27.4 Å². The predicted octanol–water partition coefficient (Wildman–Crippen LogP) is 1.50. The summed E-state index contributed by atoms with van der Waals surface area (Å²) in [5.41, 5.74) is 0.406. The fourth-order valence-corrected chi connectivity index (χ4v) is 2.84. The molecule has 0 aromatic heterocycles. The summed E-state index contributed by atoms with van der Waals surface area (Å²) in [7, 11) is 2.87. The standard InChI is InChI=1S/C13H15ClO6S/c1-18-12-3-2-11(21(14,16)17)6-9(12)7-13(15)20-10-4-5-19-8-10/h2-3,6,10H,4-5,7-8H2,1H3. The molecule has 0 radical (unpaired) electrons. The average Bonchev–Trinajstić information content (AvgIpc) is 2.90. The summed E-state index contributed by atoms with van der Waals surface area (Å²) in [6, 6.07) is 4.09. The number of hydrogen-bond acceptors (Lipinski definition) is 6. The zero-order valence-electron chi connectivity index (χ0n) is 11.4. The van der Waals surface area contributed by atoms with E-state index in [9.17, 15) is 13.2 Å². The fraction of sp³-hybridized carbons (Fsp3) is 0.462. The molecule has 21 heavy (non-hydrogen) atoms. The van der Waals surface area contributed by atoms with Gasteiger partial charge in [0.25, 0.3) is 9.05 Å². The van der Waals surface area contributed by atoms with Gasteiger partial charge in [-0.2, -0.15) is 0 Å². The minimum Gasteiger partial charge on any atom is -0.496 e.